The van der Waals surface area contributed by atoms with Crippen LogP contribution in [0.1, 0.15) is 22.3 Å². The molecule has 2 amide bonds. The quantitative estimate of drug-likeness (QED) is 0.643. The second-order valence-electron chi connectivity index (χ2n) is 7.70. The Morgan fingerprint density at radius 2 is 2.03 bits per heavy atom. The van der Waals surface area contributed by atoms with Crippen LogP contribution in [0.3, 0.4) is 0 Å². The van der Waals surface area contributed by atoms with Gasteiger partial charge < -0.3 is 19.9 Å². The highest BCUT2D eigenvalue weighted by molar-refractivity contribution is 6.30. The van der Waals surface area contributed by atoms with Gasteiger partial charge in [0, 0.05) is 23.5 Å². The Hall–Kier alpha value is -3.13. The van der Waals surface area contributed by atoms with Gasteiger partial charge in [0.25, 0.3) is 0 Å². The summed E-state index contributed by atoms with van der Waals surface area (Å²) in [6.07, 6.45) is -0.0302. The molecule has 1 saturated heterocycles. The Morgan fingerprint density at radius 3 is 2.83 bits per heavy atom. The third kappa shape index (κ3) is 3.17. The van der Waals surface area contributed by atoms with Gasteiger partial charge >= 0.3 is 6.03 Å². The van der Waals surface area contributed by atoms with Crippen LogP contribution >= 0.6 is 11.6 Å². The fourth-order valence-electron chi connectivity index (χ4n) is 4.03. The van der Waals surface area contributed by atoms with Gasteiger partial charge in [-0.2, -0.15) is 0 Å². The maximum Gasteiger partial charge on any atom is 0.317 e. The van der Waals surface area contributed by atoms with Gasteiger partial charge in [0.2, 0.25) is 0 Å². The summed E-state index contributed by atoms with van der Waals surface area (Å²) in [5.41, 5.74) is 0.748. The number of aromatic amines is 1. The Bertz CT molecular complexity index is 1200. The van der Waals surface area contributed by atoms with Gasteiger partial charge in [-0.3, -0.25) is 4.79 Å². The third-order valence-electron chi connectivity index (χ3n) is 5.45. The summed E-state index contributed by atoms with van der Waals surface area (Å²) in [7, 11) is 0. The van der Waals surface area contributed by atoms with Crippen molar-refractivity contribution < 1.29 is 23.1 Å². The molecule has 2 aliphatic rings. The van der Waals surface area contributed by atoms with Crippen molar-refractivity contribution in [2.24, 2.45) is 0 Å². The number of nitrogens with zero attached hydrogens (tertiary/aromatic N) is 1. The van der Waals surface area contributed by atoms with Crippen molar-refractivity contribution in [1.29, 1.82) is 0 Å². The SMILES string of the molecule is O=C1CC2(CN(C(=O)NCc3ccc4[nH]c(Cl)cc4c3)C2)Oc2c(F)cc(F)cc21. The molecular formula is C21H16ClF2N3O3. The highest BCUT2D eigenvalue weighted by Gasteiger charge is 2.52. The highest BCUT2D eigenvalue weighted by Crippen LogP contribution is 2.40. The molecule has 0 saturated carbocycles. The molecule has 6 nitrogen and oxygen atoms in total. The number of hydrogen-bond donors (Lipinski definition) is 2. The molecule has 5 rings (SSSR count). The van der Waals surface area contributed by atoms with E-state index >= 15 is 0 Å². The van der Waals surface area contributed by atoms with Crippen LogP contribution < -0.4 is 10.1 Å². The van der Waals surface area contributed by atoms with E-state index in [4.69, 9.17) is 16.3 Å². The Kier molecular flexibility index (Phi) is 4.21. The summed E-state index contributed by atoms with van der Waals surface area (Å²) in [5.74, 6) is -2.38. The Labute approximate surface area is 174 Å². The number of likely N-dealkylation sites (tertiary alicyclic amines) is 1. The number of halogens is 3. The summed E-state index contributed by atoms with van der Waals surface area (Å²) in [5, 5.41) is 4.31. The average molecular weight is 432 g/mol. The highest BCUT2D eigenvalue weighted by atomic mass is 35.5. The van der Waals surface area contributed by atoms with Gasteiger partial charge in [-0.15, -0.1) is 0 Å². The number of hydrogen-bond acceptors (Lipinski definition) is 3. The van der Waals surface area contributed by atoms with Crippen LogP contribution in [-0.4, -0.2) is 40.4 Å². The second-order valence-corrected chi connectivity index (χ2v) is 8.11. The van der Waals surface area contributed by atoms with E-state index in [9.17, 15) is 18.4 Å². The van der Waals surface area contributed by atoms with Crippen LogP contribution in [0.15, 0.2) is 36.4 Å². The van der Waals surface area contributed by atoms with Crippen LogP contribution in [0.2, 0.25) is 5.15 Å². The molecule has 154 valence electrons. The van der Waals surface area contributed by atoms with Gasteiger partial charge in [-0.25, -0.2) is 13.6 Å². The molecular weight excluding hydrogens is 416 g/mol. The number of urea groups is 1. The largest absolute Gasteiger partial charge is 0.479 e. The summed E-state index contributed by atoms with van der Waals surface area (Å²) in [4.78, 5) is 29.3. The minimum atomic E-state index is -0.971. The van der Waals surface area contributed by atoms with E-state index in [-0.39, 0.29) is 36.9 Å². The zero-order chi connectivity index (χ0) is 21.0. The van der Waals surface area contributed by atoms with E-state index in [1.807, 2.05) is 24.3 Å². The van der Waals surface area contributed by atoms with Crippen LogP contribution in [0.5, 0.6) is 5.75 Å². The number of nitrogens with one attached hydrogen (secondary N) is 2. The number of ether oxygens (including phenoxy) is 1. The molecule has 0 atom stereocenters. The standard InChI is InChI=1S/C21H16ClF2N3O3/c22-18-4-12-3-11(1-2-16(12)26-18)8-25-20(29)27-9-21(10-27)7-17(28)14-5-13(23)6-15(24)19(14)30-21/h1-6,26H,7-10H2,(H,25,29). The minimum Gasteiger partial charge on any atom is -0.479 e. The zero-order valence-electron chi connectivity index (χ0n) is 15.6. The van der Waals surface area contributed by atoms with E-state index in [0.29, 0.717) is 17.8 Å². The molecule has 9 heteroatoms. The first-order valence-corrected chi connectivity index (χ1v) is 9.71. The fourth-order valence-corrected chi connectivity index (χ4v) is 4.25. The maximum atomic E-state index is 14.1. The molecule has 2 aliphatic heterocycles. The summed E-state index contributed by atoms with van der Waals surface area (Å²) in [6.45, 7) is 0.609. The Balaban J connectivity index is 1.22. The van der Waals surface area contributed by atoms with Crippen LogP contribution in [0, 0.1) is 11.6 Å². The number of carbonyl (C=O) groups excluding carboxylic acids is 2. The number of fused-ring (bicyclic) bond motifs is 2. The van der Waals surface area contributed by atoms with E-state index in [1.165, 1.54) is 4.90 Å². The number of amides is 2. The van der Waals surface area contributed by atoms with E-state index in [0.717, 1.165) is 22.5 Å². The smallest absolute Gasteiger partial charge is 0.317 e. The molecule has 3 heterocycles. The van der Waals surface area contributed by atoms with Crippen molar-refractivity contribution in [2.45, 2.75) is 18.6 Å². The molecule has 1 fully saturated rings. The summed E-state index contributed by atoms with van der Waals surface area (Å²) in [6, 6.07) is 8.86. The number of rotatable bonds is 2. The fraction of sp³-hybridized carbons (Fsp3) is 0.238. The second kappa shape index (κ2) is 6.70. The number of ketones is 1. The predicted molar refractivity (Wildman–Crippen MR) is 106 cm³/mol. The molecule has 0 radical (unpaired) electrons. The van der Waals surface area contributed by atoms with Gasteiger partial charge in [-0.1, -0.05) is 17.7 Å². The predicted octanol–water partition coefficient (Wildman–Crippen LogP) is 4.03. The number of aromatic nitrogens is 1. The first-order chi connectivity index (χ1) is 14.3. The van der Waals surface area contributed by atoms with Crippen molar-refractivity contribution in [3.8, 4) is 5.75 Å². The summed E-state index contributed by atoms with van der Waals surface area (Å²) >= 11 is 5.95. The van der Waals surface area contributed by atoms with Crippen LogP contribution in [-0.2, 0) is 6.54 Å². The maximum absolute atomic E-state index is 14.1. The topological polar surface area (TPSA) is 74.4 Å². The first kappa shape index (κ1) is 18.9. The van der Waals surface area contributed by atoms with Gasteiger partial charge in [0.15, 0.2) is 23.0 Å². The monoisotopic (exact) mass is 431 g/mol. The lowest BCUT2D eigenvalue weighted by molar-refractivity contribution is -0.0618. The lowest BCUT2D eigenvalue weighted by atomic mass is 9.84. The van der Waals surface area contributed by atoms with Crippen LogP contribution in [0.25, 0.3) is 10.9 Å². The molecule has 30 heavy (non-hydrogen) atoms. The first-order valence-electron chi connectivity index (χ1n) is 9.33. The molecule has 1 aromatic heterocycles. The molecule has 1 spiro atoms. The normalized spacial score (nSPS) is 16.9. The lowest BCUT2D eigenvalue weighted by Gasteiger charge is -2.50. The lowest BCUT2D eigenvalue weighted by Crippen LogP contribution is -2.69. The average Bonchev–Trinajstić information content (AvgIpc) is 3.04. The molecule has 0 aliphatic carbocycles. The minimum absolute atomic E-state index is 0.0302. The van der Waals surface area contributed by atoms with Gasteiger partial charge in [0.1, 0.15) is 11.0 Å². The zero-order valence-corrected chi connectivity index (χ0v) is 16.4. The molecule has 0 unspecified atom stereocenters. The van der Waals surface area contributed by atoms with Crippen molar-refractivity contribution in [3.05, 3.63) is 64.3 Å². The molecule has 2 aromatic carbocycles. The molecule has 0 bridgehead atoms. The number of carbonyl (C=O) groups is 2. The van der Waals surface area contributed by atoms with Crippen LogP contribution in [0.4, 0.5) is 13.6 Å². The third-order valence-corrected chi connectivity index (χ3v) is 5.65. The van der Waals surface area contributed by atoms with E-state index < -0.39 is 23.0 Å². The van der Waals surface area contributed by atoms with E-state index in [2.05, 4.69) is 10.3 Å². The number of Topliss-reactive ketones (excluding diaryl/α,β-unsaturated/α-hetero) is 1. The van der Waals surface area contributed by atoms with Crippen molar-refractivity contribution in [2.75, 3.05) is 13.1 Å². The number of H-pyrrole nitrogens is 1. The van der Waals surface area contributed by atoms with Crippen molar-refractivity contribution in [1.82, 2.24) is 15.2 Å². The molecule has 2 N–H and O–H groups in total. The van der Waals surface area contributed by atoms with Crippen molar-refractivity contribution in [3.63, 3.8) is 0 Å². The van der Waals surface area contributed by atoms with Gasteiger partial charge in [0.05, 0.1) is 25.1 Å². The summed E-state index contributed by atoms with van der Waals surface area (Å²) < 4.78 is 33.2. The Morgan fingerprint density at radius 1 is 1.23 bits per heavy atom. The molecule has 3 aromatic rings. The number of benzene rings is 2. The van der Waals surface area contributed by atoms with Gasteiger partial charge in [-0.05, 0) is 29.8 Å². The van der Waals surface area contributed by atoms with E-state index in [1.54, 1.807) is 0 Å². The van der Waals surface area contributed by atoms with Crippen molar-refractivity contribution >= 4 is 34.3 Å².